The number of hydrogen-bond donors (Lipinski definition) is 1. The summed E-state index contributed by atoms with van der Waals surface area (Å²) in [6.07, 6.45) is 2.25. The summed E-state index contributed by atoms with van der Waals surface area (Å²) in [5.41, 5.74) is 4.82. The first kappa shape index (κ1) is 19.1. The summed E-state index contributed by atoms with van der Waals surface area (Å²) >= 11 is 1.46. The van der Waals surface area contributed by atoms with Crippen molar-refractivity contribution >= 4 is 23.5 Å². The van der Waals surface area contributed by atoms with E-state index in [0.29, 0.717) is 23.3 Å². The number of aryl methyl sites for hydroxylation is 1. The van der Waals surface area contributed by atoms with Gasteiger partial charge in [-0.3, -0.25) is 4.79 Å². The van der Waals surface area contributed by atoms with E-state index in [0.717, 1.165) is 40.8 Å². The van der Waals surface area contributed by atoms with Gasteiger partial charge in [0.2, 0.25) is 11.1 Å². The molecule has 0 saturated heterocycles. The van der Waals surface area contributed by atoms with Crippen molar-refractivity contribution in [2.75, 3.05) is 5.32 Å². The lowest BCUT2D eigenvalue weighted by molar-refractivity contribution is -0.116. The summed E-state index contributed by atoms with van der Waals surface area (Å²) in [6, 6.07) is 14.4. The highest BCUT2D eigenvalue weighted by Crippen LogP contribution is 2.41. The molecule has 0 spiro atoms. The molecule has 1 atom stereocenters. The van der Waals surface area contributed by atoms with Gasteiger partial charge < -0.3 is 5.32 Å². The summed E-state index contributed by atoms with van der Waals surface area (Å²) in [5, 5.41) is 8.69. The normalized spacial score (nSPS) is 18.1. The molecule has 1 aromatic heterocycles. The fourth-order valence-electron chi connectivity index (χ4n) is 4.15. The zero-order valence-electron chi connectivity index (χ0n) is 16.6. The Morgan fingerprint density at radius 3 is 2.90 bits per heavy atom. The van der Waals surface area contributed by atoms with E-state index in [1.165, 1.54) is 23.9 Å². The predicted octanol–water partition coefficient (Wildman–Crippen LogP) is 5.04. The summed E-state index contributed by atoms with van der Waals surface area (Å²) in [5.74, 6) is 1.15. The summed E-state index contributed by atoms with van der Waals surface area (Å²) in [6.45, 7) is 2.06. The number of carbonyl (C=O) groups excluding carboxylic acids is 1. The van der Waals surface area contributed by atoms with Crippen LogP contribution in [0.2, 0.25) is 0 Å². The Labute approximate surface area is 178 Å². The highest BCUT2D eigenvalue weighted by molar-refractivity contribution is 7.98. The number of Topliss-reactive ketones (excluding diaryl/α,β-unsaturated/α-hetero) is 1. The molecule has 5 rings (SSSR count). The van der Waals surface area contributed by atoms with Crippen LogP contribution in [0.25, 0.3) is 0 Å². The van der Waals surface area contributed by atoms with Crippen LogP contribution in [0, 0.1) is 12.7 Å². The summed E-state index contributed by atoms with van der Waals surface area (Å²) in [7, 11) is 0. The van der Waals surface area contributed by atoms with E-state index in [1.807, 2.05) is 22.9 Å². The average Bonchev–Trinajstić information content (AvgIpc) is 3.14. The third-order valence-electron chi connectivity index (χ3n) is 5.59. The molecule has 1 N–H and O–H groups in total. The van der Waals surface area contributed by atoms with E-state index in [2.05, 4.69) is 29.4 Å². The molecule has 2 heterocycles. The second kappa shape index (κ2) is 7.72. The number of rotatable bonds is 4. The van der Waals surface area contributed by atoms with Crippen molar-refractivity contribution in [1.82, 2.24) is 14.8 Å². The number of ketones is 1. The molecule has 0 radical (unpaired) electrons. The Hall–Kier alpha value is -2.93. The topological polar surface area (TPSA) is 59.8 Å². The van der Waals surface area contributed by atoms with Crippen LogP contribution in [-0.2, 0) is 10.5 Å². The van der Waals surface area contributed by atoms with E-state index in [1.54, 1.807) is 6.07 Å². The predicted molar refractivity (Wildman–Crippen MR) is 115 cm³/mol. The number of allylic oxidation sites excluding steroid dienone is 2. The third-order valence-corrected chi connectivity index (χ3v) is 6.50. The lowest BCUT2D eigenvalue weighted by atomic mass is 9.84. The SMILES string of the molecule is Cc1ccccc1[C@H]1C2=C(CCCC2=O)Nc2nc(SCc3cccc(F)c3)nn21. The van der Waals surface area contributed by atoms with Crippen LogP contribution < -0.4 is 5.32 Å². The minimum Gasteiger partial charge on any atom is -0.328 e. The Balaban J connectivity index is 1.52. The number of nitrogens with zero attached hydrogens (tertiary/aromatic N) is 3. The largest absolute Gasteiger partial charge is 0.328 e. The van der Waals surface area contributed by atoms with Gasteiger partial charge in [0.15, 0.2) is 5.78 Å². The first-order chi connectivity index (χ1) is 14.6. The number of thioether (sulfide) groups is 1. The smallest absolute Gasteiger partial charge is 0.227 e. The molecule has 0 bridgehead atoms. The number of benzene rings is 2. The molecule has 3 aromatic rings. The number of halogens is 1. The quantitative estimate of drug-likeness (QED) is 0.599. The molecule has 2 aliphatic rings. The van der Waals surface area contributed by atoms with Gasteiger partial charge in [-0.15, -0.1) is 5.10 Å². The molecule has 1 aliphatic heterocycles. The van der Waals surface area contributed by atoms with E-state index >= 15 is 0 Å². The van der Waals surface area contributed by atoms with Crippen LogP contribution in [-0.4, -0.2) is 20.5 Å². The van der Waals surface area contributed by atoms with Gasteiger partial charge in [0.25, 0.3) is 0 Å². The van der Waals surface area contributed by atoms with Gasteiger partial charge in [-0.1, -0.05) is 48.2 Å². The highest BCUT2D eigenvalue weighted by Gasteiger charge is 2.37. The van der Waals surface area contributed by atoms with Crippen LogP contribution in [0.4, 0.5) is 10.3 Å². The average molecular weight is 421 g/mol. The van der Waals surface area contributed by atoms with E-state index in [9.17, 15) is 9.18 Å². The number of carbonyl (C=O) groups is 1. The Kier molecular flexibility index (Phi) is 4.90. The Morgan fingerprint density at radius 1 is 1.20 bits per heavy atom. The Morgan fingerprint density at radius 2 is 2.07 bits per heavy atom. The minimum atomic E-state index is -0.277. The fourth-order valence-corrected chi connectivity index (χ4v) is 4.93. The van der Waals surface area contributed by atoms with Gasteiger partial charge in [-0.2, -0.15) is 4.98 Å². The van der Waals surface area contributed by atoms with Gasteiger partial charge in [0, 0.05) is 23.4 Å². The molecule has 30 heavy (non-hydrogen) atoms. The van der Waals surface area contributed by atoms with E-state index in [4.69, 9.17) is 5.10 Å². The lowest BCUT2D eigenvalue weighted by Crippen LogP contribution is -2.31. The van der Waals surface area contributed by atoms with Crippen LogP contribution in [0.5, 0.6) is 0 Å². The molecular formula is C23H21FN4OS. The first-order valence-corrected chi connectivity index (χ1v) is 11.0. The summed E-state index contributed by atoms with van der Waals surface area (Å²) < 4.78 is 15.3. The van der Waals surface area contributed by atoms with Gasteiger partial charge in [-0.25, -0.2) is 9.07 Å². The Bertz CT molecular complexity index is 1170. The number of hydrogen-bond acceptors (Lipinski definition) is 5. The second-order valence-electron chi connectivity index (χ2n) is 7.63. The molecular weight excluding hydrogens is 399 g/mol. The molecule has 2 aromatic carbocycles. The maximum Gasteiger partial charge on any atom is 0.227 e. The fraction of sp³-hybridized carbons (Fsp3) is 0.261. The highest BCUT2D eigenvalue weighted by atomic mass is 32.2. The van der Waals surface area contributed by atoms with Crippen molar-refractivity contribution in [1.29, 1.82) is 0 Å². The van der Waals surface area contributed by atoms with Gasteiger partial charge >= 0.3 is 0 Å². The van der Waals surface area contributed by atoms with Crippen LogP contribution in [0.3, 0.4) is 0 Å². The second-order valence-corrected chi connectivity index (χ2v) is 8.58. The molecule has 0 saturated carbocycles. The van der Waals surface area contributed by atoms with Crippen LogP contribution in [0.1, 0.15) is 42.0 Å². The van der Waals surface area contributed by atoms with Crippen molar-refractivity contribution in [3.05, 3.63) is 82.3 Å². The first-order valence-electron chi connectivity index (χ1n) is 10.0. The number of fused-ring (bicyclic) bond motifs is 1. The van der Waals surface area contributed by atoms with Gasteiger partial charge in [-0.05, 0) is 48.6 Å². The molecule has 152 valence electrons. The third kappa shape index (κ3) is 3.43. The lowest BCUT2D eigenvalue weighted by Gasteiger charge is -2.32. The summed E-state index contributed by atoms with van der Waals surface area (Å²) in [4.78, 5) is 17.6. The standard InChI is InChI=1S/C23H21FN4OS/c1-14-6-2-3-9-17(14)21-20-18(10-5-11-19(20)29)25-22-26-23(27-28(21)22)30-13-15-7-4-8-16(24)12-15/h2-4,6-9,12,21H,5,10-11,13H2,1H3,(H,25,26,27)/t21-/m0/s1. The number of nitrogens with one attached hydrogen (secondary N) is 1. The molecule has 0 unspecified atom stereocenters. The van der Waals surface area contributed by atoms with Crippen molar-refractivity contribution in [2.45, 2.75) is 43.1 Å². The zero-order valence-corrected chi connectivity index (χ0v) is 17.4. The van der Waals surface area contributed by atoms with Crippen molar-refractivity contribution < 1.29 is 9.18 Å². The van der Waals surface area contributed by atoms with Crippen molar-refractivity contribution in [3.63, 3.8) is 0 Å². The molecule has 1 aliphatic carbocycles. The van der Waals surface area contributed by atoms with Crippen molar-refractivity contribution in [2.24, 2.45) is 0 Å². The minimum absolute atomic E-state index is 0.173. The molecule has 7 heteroatoms. The number of aromatic nitrogens is 3. The number of anilines is 1. The van der Waals surface area contributed by atoms with Gasteiger partial charge in [0.1, 0.15) is 11.9 Å². The molecule has 0 fully saturated rings. The maximum atomic E-state index is 13.5. The van der Waals surface area contributed by atoms with E-state index < -0.39 is 0 Å². The maximum absolute atomic E-state index is 13.5. The zero-order chi connectivity index (χ0) is 20.7. The van der Waals surface area contributed by atoms with E-state index in [-0.39, 0.29) is 17.6 Å². The van der Waals surface area contributed by atoms with Crippen LogP contribution >= 0.6 is 11.8 Å². The van der Waals surface area contributed by atoms with Crippen molar-refractivity contribution in [3.8, 4) is 0 Å². The molecule has 5 nitrogen and oxygen atoms in total. The monoisotopic (exact) mass is 420 g/mol. The van der Waals surface area contributed by atoms with Gasteiger partial charge in [0.05, 0.1) is 0 Å². The molecule has 0 amide bonds. The van der Waals surface area contributed by atoms with Crippen LogP contribution in [0.15, 0.2) is 65.0 Å².